The standard InChI is InChI=1S/C26H37N2O2/c1-2-3-4-5-6-8-14-23(21-22-12-9-7-10-13-22)16-17-24(18-19-26(29)30)28-25-15-11-20-27-25/h7,9-13,15,18-20,23-24,27H,2-6,8,14,16-17,21H2,1H3,(H,29,30)/q-1/b19-18+/t23-,24-/m1/s1. The Bertz CT molecular complexity index is 710. The second-order valence-corrected chi connectivity index (χ2v) is 8.14. The minimum absolute atomic E-state index is 0.123. The van der Waals surface area contributed by atoms with Crippen LogP contribution in [-0.4, -0.2) is 22.1 Å². The average Bonchev–Trinajstić information content (AvgIpc) is 3.26. The zero-order valence-electron chi connectivity index (χ0n) is 18.3. The molecule has 4 heteroatoms. The number of aliphatic carboxylic acids is 1. The zero-order chi connectivity index (χ0) is 21.4. The fourth-order valence-corrected chi connectivity index (χ4v) is 3.89. The van der Waals surface area contributed by atoms with Crippen LogP contribution in [0.1, 0.15) is 70.3 Å². The third kappa shape index (κ3) is 10.3. The van der Waals surface area contributed by atoms with Gasteiger partial charge in [0.1, 0.15) is 0 Å². The number of carboxylic acid groups (broad SMARTS) is 1. The van der Waals surface area contributed by atoms with Crippen molar-refractivity contribution in [3.63, 3.8) is 0 Å². The molecular formula is C26H37N2O2-. The summed E-state index contributed by atoms with van der Waals surface area (Å²) in [7, 11) is 0. The number of hydrogen-bond acceptors (Lipinski definition) is 1. The Morgan fingerprint density at radius 1 is 1.00 bits per heavy atom. The molecule has 0 aliphatic heterocycles. The minimum Gasteiger partial charge on any atom is -0.478 e. The number of aromatic amines is 1. The summed E-state index contributed by atoms with van der Waals surface area (Å²) < 4.78 is 0. The van der Waals surface area contributed by atoms with Crippen molar-refractivity contribution in [1.82, 2.24) is 4.98 Å². The number of aromatic nitrogens is 1. The van der Waals surface area contributed by atoms with Gasteiger partial charge in [0, 0.05) is 6.08 Å². The lowest BCUT2D eigenvalue weighted by molar-refractivity contribution is -0.131. The second kappa shape index (κ2) is 14.5. The van der Waals surface area contributed by atoms with Gasteiger partial charge >= 0.3 is 5.97 Å². The number of unbranched alkanes of at least 4 members (excludes halogenated alkanes) is 5. The Kier molecular flexibility index (Phi) is 11.5. The van der Waals surface area contributed by atoms with E-state index in [1.165, 1.54) is 56.6 Å². The van der Waals surface area contributed by atoms with Crippen LogP contribution < -0.4 is 0 Å². The lowest BCUT2D eigenvalue weighted by Gasteiger charge is -2.25. The Morgan fingerprint density at radius 3 is 2.47 bits per heavy atom. The van der Waals surface area contributed by atoms with Gasteiger partial charge in [-0.15, -0.1) is 0 Å². The Balaban J connectivity index is 1.92. The highest BCUT2D eigenvalue weighted by Gasteiger charge is 2.12. The summed E-state index contributed by atoms with van der Waals surface area (Å²) >= 11 is 0. The Morgan fingerprint density at radius 2 is 1.77 bits per heavy atom. The molecule has 0 aliphatic carbocycles. The van der Waals surface area contributed by atoms with E-state index in [4.69, 9.17) is 10.4 Å². The van der Waals surface area contributed by atoms with Crippen molar-refractivity contribution in [2.75, 3.05) is 0 Å². The summed E-state index contributed by atoms with van der Waals surface area (Å²) in [6.45, 7) is 2.25. The maximum Gasteiger partial charge on any atom is 0.327 e. The first-order valence-corrected chi connectivity index (χ1v) is 11.5. The molecule has 0 unspecified atom stereocenters. The van der Waals surface area contributed by atoms with Crippen molar-refractivity contribution in [3.05, 3.63) is 71.7 Å². The number of H-pyrrole nitrogens is 1. The molecule has 0 bridgehead atoms. The van der Waals surface area contributed by atoms with Crippen LogP contribution in [0.4, 0.5) is 5.82 Å². The third-order valence-corrected chi connectivity index (χ3v) is 5.55. The predicted octanol–water partition coefficient (Wildman–Crippen LogP) is 7.42. The molecule has 0 amide bonds. The third-order valence-electron chi connectivity index (χ3n) is 5.55. The molecule has 1 aromatic carbocycles. The summed E-state index contributed by atoms with van der Waals surface area (Å²) in [6, 6.07) is 14.4. The predicted molar refractivity (Wildman–Crippen MR) is 125 cm³/mol. The molecule has 0 spiro atoms. The molecule has 0 saturated heterocycles. The highest BCUT2D eigenvalue weighted by Crippen LogP contribution is 2.27. The van der Waals surface area contributed by atoms with Crippen molar-refractivity contribution in [2.24, 2.45) is 5.92 Å². The first-order chi connectivity index (χ1) is 14.7. The van der Waals surface area contributed by atoms with E-state index in [-0.39, 0.29) is 6.04 Å². The molecule has 2 rings (SSSR count). The van der Waals surface area contributed by atoms with Crippen LogP contribution in [0.25, 0.3) is 5.32 Å². The molecular weight excluding hydrogens is 372 g/mol. The van der Waals surface area contributed by atoms with Gasteiger partial charge in [-0.05, 0) is 36.8 Å². The van der Waals surface area contributed by atoms with Crippen LogP contribution in [0.15, 0.2) is 60.8 Å². The highest BCUT2D eigenvalue weighted by atomic mass is 16.4. The normalized spacial score (nSPS) is 13.4. The lowest BCUT2D eigenvalue weighted by atomic mass is 9.88. The van der Waals surface area contributed by atoms with Crippen LogP contribution in [-0.2, 0) is 11.2 Å². The van der Waals surface area contributed by atoms with Gasteiger partial charge in [-0.1, -0.05) is 112 Å². The van der Waals surface area contributed by atoms with Crippen LogP contribution in [0.5, 0.6) is 0 Å². The fraction of sp³-hybridized carbons (Fsp3) is 0.500. The van der Waals surface area contributed by atoms with E-state index in [0.717, 1.165) is 25.1 Å². The molecule has 2 aromatic rings. The fourth-order valence-electron chi connectivity index (χ4n) is 3.89. The van der Waals surface area contributed by atoms with Crippen molar-refractivity contribution in [2.45, 2.75) is 77.2 Å². The molecule has 164 valence electrons. The molecule has 0 saturated carbocycles. The molecule has 2 N–H and O–H groups in total. The number of carbonyl (C=O) groups is 1. The van der Waals surface area contributed by atoms with Gasteiger partial charge in [0.25, 0.3) is 0 Å². The Labute approximate surface area is 181 Å². The van der Waals surface area contributed by atoms with Crippen molar-refractivity contribution in [3.8, 4) is 0 Å². The number of benzene rings is 1. The molecule has 30 heavy (non-hydrogen) atoms. The summed E-state index contributed by atoms with van der Waals surface area (Å²) in [4.78, 5) is 14.1. The number of carboxylic acids is 1. The smallest absolute Gasteiger partial charge is 0.327 e. The summed E-state index contributed by atoms with van der Waals surface area (Å²) in [5.41, 5.74) is 1.38. The van der Waals surface area contributed by atoms with Gasteiger partial charge in [0.2, 0.25) is 0 Å². The molecule has 0 radical (unpaired) electrons. The molecule has 1 heterocycles. The van der Waals surface area contributed by atoms with Crippen molar-refractivity contribution in [1.29, 1.82) is 0 Å². The van der Waals surface area contributed by atoms with Gasteiger partial charge in [0.05, 0.1) is 0 Å². The zero-order valence-corrected chi connectivity index (χ0v) is 18.3. The van der Waals surface area contributed by atoms with Crippen LogP contribution in [0.3, 0.4) is 0 Å². The number of rotatable bonds is 16. The average molecular weight is 410 g/mol. The van der Waals surface area contributed by atoms with Crippen LogP contribution in [0, 0.1) is 5.92 Å². The highest BCUT2D eigenvalue weighted by molar-refractivity contribution is 5.80. The summed E-state index contributed by atoms with van der Waals surface area (Å²) in [6.07, 6.45) is 16.8. The van der Waals surface area contributed by atoms with Crippen molar-refractivity contribution >= 4 is 11.8 Å². The maximum absolute atomic E-state index is 11.0. The van der Waals surface area contributed by atoms with E-state index in [1.54, 1.807) is 6.08 Å². The first-order valence-electron chi connectivity index (χ1n) is 11.5. The molecule has 0 aliphatic rings. The van der Waals surface area contributed by atoms with E-state index in [9.17, 15) is 4.79 Å². The second-order valence-electron chi connectivity index (χ2n) is 8.14. The van der Waals surface area contributed by atoms with Crippen LogP contribution >= 0.6 is 0 Å². The monoisotopic (exact) mass is 409 g/mol. The Hall–Kier alpha value is -2.49. The van der Waals surface area contributed by atoms with Crippen molar-refractivity contribution < 1.29 is 9.90 Å². The van der Waals surface area contributed by atoms with Gasteiger partial charge in [-0.25, -0.2) is 4.79 Å². The van der Waals surface area contributed by atoms with E-state index >= 15 is 0 Å². The van der Waals surface area contributed by atoms with E-state index in [0.29, 0.717) is 5.92 Å². The van der Waals surface area contributed by atoms with E-state index < -0.39 is 5.97 Å². The largest absolute Gasteiger partial charge is 0.478 e. The molecule has 2 atom stereocenters. The topological polar surface area (TPSA) is 67.2 Å². The van der Waals surface area contributed by atoms with E-state index in [2.05, 4.69) is 42.2 Å². The van der Waals surface area contributed by atoms with Crippen LogP contribution in [0.2, 0.25) is 0 Å². The summed E-state index contributed by atoms with van der Waals surface area (Å²) in [5, 5.41) is 13.7. The van der Waals surface area contributed by atoms with E-state index in [1.807, 2.05) is 18.3 Å². The SMILES string of the molecule is CCCCCCCC[C@H](CC[C@H](/C=C/C(=O)O)[N-]c1ccc[nH]1)Cc1ccccc1. The quantitative estimate of drug-likeness (QED) is 0.224. The number of nitrogens with one attached hydrogen (secondary N) is 1. The first kappa shape index (κ1) is 23.8. The van der Waals surface area contributed by atoms with Gasteiger partial charge in [0.15, 0.2) is 0 Å². The van der Waals surface area contributed by atoms with Gasteiger partial charge in [-0.3, -0.25) is 0 Å². The number of nitrogens with zero attached hydrogens (tertiary/aromatic N) is 1. The number of hydrogen-bond donors (Lipinski definition) is 2. The lowest BCUT2D eigenvalue weighted by Crippen LogP contribution is -2.10. The van der Waals surface area contributed by atoms with Gasteiger partial charge in [-0.2, -0.15) is 0 Å². The minimum atomic E-state index is -0.922. The molecule has 4 nitrogen and oxygen atoms in total. The molecule has 1 aromatic heterocycles. The molecule has 0 fully saturated rings. The summed E-state index contributed by atoms with van der Waals surface area (Å²) in [5.74, 6) is 0.471. The maximum atomic E-state index is 11.0. The van der Waals surface area contributed by atoms with Gasteiger partial charge < -0.3 is 15.4 Å².